The number of hydrogen-bond donors (Lipinski definition) is 2. The molecule has 108 valence electrons. The smallest absolute Gasteiger partial charge is 0.230 e. The molecule has 0 bridgehead atoms. The average Bonchev–Trinajstić information content (AvgIpc) is 2.47. The van der Waals surface area contributed by atoms with E-state index < -0.39 is 0 Å². The maximum atomic E-state index is 12.8. The van der Waals surface area contributed by atoms with E-state index in [-0.39, 0.29) is 23.1 Å². The zero-order valence-corrected chi connectivity index (χ0v) is 11.8. The van der Waals surface area contributed by atoms with Gasteiger partial charge >= 0.3 is 0 Å². The van der Waals surface area contributed by atoms with Crippen molar-refractivity contribution in [2.24, 2.45) is 17.1 Å². The number of nitrogens with one attached hydrogen (secondary N) is 1. The molecule has 3 N–H and O–H groups in total. The Bertz CT molecular complexity index is 351. The van der Waals surface area contributed by atoms with Crippen molar-refractivity contribution < 1.29 is 9.59 Å². The molecule has 2 unspecified atom stereocenters. The van der Waals surface area contributed by atoms with Crippen molar-refractivity contribution in [3.8, 4) is 0 Å². The van der Waals surface area contributed by atoms with Crippen LogP contribution < -0.4 is 11.1 Å². The first-order valence-corrected chi connectivity index (χ1v) is 7.38. The molecule has 0 radical (unpaired) electrons. The Balaban J connectivity index is 2.06. The summed E-state index contributed by atoms with van der Waals surface area (Å²) in [6.07, 6.45) is 4.55. The number of nitrogens with zero attached hydrogens (tertiary/aromatic N) is 1. The van der Waals surface area contributed by atoms with Crippen LogP contribution in [0.25, 0.3) is 0 Å². The molecule has 2 aliphatic heterocycles. The van der Waals surface area contributed by atoms with Gasteiger partial charge in [0, 0.05) is 19.6 Å². The minimum Gasteiger partial charge on any atom is -0.369 e. The Hall–Kier alpha value is -1.10. The first kappa shape index (κ1) is 14.3. The van der Waals surface area contributed by atoms with Crippen LogP contribution in [0.4, 0.5) is 0 Å². The zero-order valence-electron chi connectivity index (χ0n) is 11.8. The molecule has 0 aromatic carbocycles. The summed E-state index contributed by atoms with van der Waals surface area (Å²) in [5.74, 6) is -0.221. The number of carbonyl (C=O) groups is 2. The molecule has 2 atom stereocenters. The normalized spacial score (nSPS) is 32.1. The second kappa shape index (κ2) is 5.90. The van der Waals surface area contributed by atoms with E-state index in [0.29, 0.717) is 6.54 Å². The highest BCUT2D eigenvalue weighted by atomic mass is 16.2. The maximum absolute atomic E-state index is 12.8. The summed E-state index contributed by atoms with van der Waals surface area (Å²) in [6.45, 7) is 5.12. The molecule has 19 heavy (non-hydrogen) atoms. The predicted octanol–water partition coefficient (Wildman–Crippen LogP) is 0.490. The van der Waals surface area contributed by atoms with Gasteiger partial charge in [0.1, 0.15) is 0 Å². The van der Waals surface area contributed by atoms with Crippen LogP contribution in [0.1, 0.15) is 39.0 Å². The van der Waals surface area contributed by atoms with Gasteiger partial charge in [0.15, 0.2) is 0 Å². The second-order valence-corrected chi connectivity index (χ2v) is 5.91. The maximum Gasteiger partial charge on any atom is 0.230 e. The molecule has 2 aliphatic rings. The molecule has 5 heteroatoms. The molecule has 2 heterocycles. The van der Waals surface area contributed by atoms with Crippen molar-refractivity contribution in [1.29, 1.82) is 0 Å². The molecular formula is C14H25N3O2. The number of amides is 2. The van der Waals surface area contributed by atoms with Crippen molar-refractivity contribution in [1.82, 2.24) is 10.2 Å². The van der Waals surface area contributed by atoms with Crippen molar-refractivity contribution in [2.45, 2.75) is 39.0 Å². The predicted molar refractivity (Wildman–Crippen MR) is 73.3 cm³/mol. The standard InChI is InChI=1S/C14H25N3O2/c1-2-14(6-4-7-16-10-14)13(19)17-8-3-5-11(9-17)12(15)18/h11,16H,2-10H2,1H3,(H2,15,18). The first-order chi connectivity index (χ1) is 9.09. The molecule has 0 spiro atoms. The highest BCUT2D eigenvalue weighted by Crippen LogP contribution is 2.33. The molecule has 2 amide bonds. The van der Waals surface area contributed by atoms with E-state index in [1.807, 2.05) is 4.90 Å². The summed E-state index contributed by atoms with van der Waals surface area (Å²) in [4.78, 5) is 26.0. The van der Waals surface area contributed by atoms with Gasteiger partial charge in [0.05, 0.1) is 11.3 Å². The largest absolute Gasteiger partial charge is 0.369 e. The Labute approximate surface area is 114 Å². The lowest BCUT2D eigenvalue weighted by atomic mass is 9.76. The quantitative estimate of drug-likeness (QED) is 0.781. The third-order valence-electron chi connectivity index (χ3n) is 4.71. The first-order valence-electron chi connectivity index (χ1n) is 7.38. The Morgan fingerprint density at radius 1 is 1.42 bits per heavy atom. The highest BCUT2D eigenvalue weighted by Gasteiger charge is 2.42. The van der Waals surface area contributed by atoms with Crippen LogP contribution in [0.3, 0.4) is 0 Å². The van der Waals surface area contributed by atoms with Gasteiger partial charge in [0.25, 0.3) is 0 Å². The topological polar surface area (TPSA) is 75.4 Å². The second-order valence-electron chi connectivity index (χ2n) is 5.91. The number of carbonyl (C=O) groups excluding carboxylic acids is 2. The van der Waals surface area contributed by atoms with E-state index in [1.54, 1.807) is 0 Å². The van der Waals surface area contributed by atoms with Crippen molar-refractivity contribution in [3.05, 3.63) is 0 Å². The summed E-state index contributed by atoms with van der Waals surface area (Å²) in [5, 5.41) is 3.34. The summed E-state index contributed by atoms with van der Waals surface area (Å²) < 4.78 is 0. The van der Waals surface area contributed by atoms with E-state index in [2.05, 4.69) is 12.2 Å². The molecule has 5 nitrogen and oxygen atoms in total. The Kier molecular flexibility index (Phi) is 4.45. The molecule has 2 saturated heterocycles. The van der Waals surface area contributed by atoms with Gasteiger partial charge in [-0.3, -0.25) is 9.59 Å². The summed E-state index contributed by atoms with van der Waals surface area (Å²) in [6, 6.07) is 0. The van der Waals surface area contributed by atoms with E-state index in [9.17, 15) is 9.59 Å². The van der Waals surface area contributed by atoms with Crippen LogP contribution in [0.5, 0.6) is 0 Å². The van der Waals surface area contributed by atoms with Gasteiger partial charge < -0.3 is 16.0 Å². The van der Waals surface area contributed by atoms with Crippen LogP contribution in [-0.4, -0.2) is 42.9 Å². The highest BCUT2D eigenvalue weighted by molar-refractivity contribution is 5.84. The molecule has 2 fully saturated rings. The van der Waals surface area contributed by atoms with Crippen LogP contribution in [-0.2, 0) is 9.59 Å². The summed E-state index contributed by atoms with van der Waals surface area (Å²) in [7, 11) is 0. The number of likely N-dealkylation sites (tertiary alicyclic amines) is 1. The van der Waals surface area contributed by atoms with E-state index in [4.69, 9.17) is 5.73 Å². The van der Waals surface area contributed by atoms with Crippen molar-refractivity contribution >= 4 is 11.8 Å². The fraction of sp³-hybridized carbons (Fsp3) is 0.857. The van der Waals surface area contributed by atoms with Crippen LogP contribution in [0.15, 0.2) is 0 Å². The number of hydrogen-bond acceptors (Lipinski definition) is 3. The third kappa shape index (κ3) is 2.91. The van der Waals surface area contributed by atoms with Gasteiger partial charge in [-0.15, -0.1) is 0 Å². The number of nitrogens with two attached hydrogens (primary N) is 1. The molecule has 0 aromatic heterocycles. The molecule has 0 aromatic rings. The van der Waals surface area contributed by atoms with Crippen molar-refractivity contribution in [3.63, 3.8) is 0 Å². The molecular weight excluding hydrogens is 242 g/mol. The Morgan fingerprint density at radius 2 is 2.21 bits per heavy atom. The zero-order chi connectivity index (χ0) is 13.9. The van der Waals surface area contributed by atoms with Gasteiger partial charge in [0.2, 0.25) is 11.8 Å². The molecule has 0 aliphatic carbocycles. The lowest BCUT2D eigenvalue weighted by Crippen LogP contribution is -2.54. The minimum absolute atomic E-state index is 0.164. The number of primary amides is 1. The van der Waals surface area contributed by atoms with Gasteiger partial charge in [-0.1, -0.05) is 6.92 Å². The van der Waals surface area contributed by atoms with Crippen LogP contribution in [0, 0.1) is 11.3 Å². The SMILES string of the molecule is CCC1(C(=O)N2CCCC(C(N)=O)C2)CCCNC1. The van der Waals surface area contributed by atoms with Crippen LogP contribution >= 0.6 is 0 Å². The molecule has 0 saturated carbocycles. The summed E-state index contributed by atoms with van der Waals surface area (Å²) in [5.41, 5.74) is 5.12. The fourth-order valence-electron chi connectivity index (χ4n) is 3.33. The van der Waals surface area contributed by atoms with E-state index in [0.717, 1.165) is 51.7 Å². The van der Waals surface area contributed by atoms with E-state index in [1.165, 1.54) is 0 Å². The fourth-order valence-corrected chi connectivity index (χ4v) is 3.33. The minimum atomic E-state index is -0.273. The molecule has 2 rings (SSSR count). The van der Waals surface area contributed by atoms with Gasteiger partial charge in [-0.2, -0.15) is 0 Å². The van der Waals surface area contributed by atoms with Crippen molar-refractivity contribution in [2.75, 3.05) is 26.2 Å². The lowest BCUT2D eigenvalue weighted by Gasteiger charge is -2.42. The monoisotopic (exact) mass is 267 g/mol. The van der Waals surface area contributed by atoms with Gasteiger partial charge in [-0.05, 0) is 38.6 Å². The Morgan fingerprint density at radius 3 is 2.79 bits per heavy atom. The van der Waals surface area contributed by atoms with Crippen LogP contribution in [0.2, 0.25) is 0 Å². The van der Waals surface area contributed by atoms with Gasteiger partial charge in [-0.25, -0.2) is 0 Å². The number of piperidine rings is 2. The third-order valence-corrected chi connectivity index (χ3v) is 4.71. The lowest BCUT2D eigenvalue weighted by molar-refractivity contribution is -0.146. The van der Waals surface area contributed by atoms with E-state index >= 15 is 0 Å². The summed E-state index contributed by atoms with van der Waals surface area (Å²) >= 11 is 0. The average molecular weight is 267 g/mol. The number of rotatable bonds is 3.